The molecule has 1 saturated heterocycles. The lowest BCUT2D eigenvalue weighted by Crippen LogP contribution is -2.54. The lowest BCUT2D eigenvalue weighted by molar-refractivity contribution is 0.155. The molecule has 1 fully saturated rings. The van der Waals surface area contributed by atoms with Crippen molar-refractivity contribution in [3.05, 3.63) is 27.8 Å². The van der Waals surface area contributed by atoms with E-state index in [1.54, 1.807) is 4.31 Å². The SMILES string of the molecule is Cc1c(C)c(C)c(S(=O)(=O)N2CCC(N)C(C)(C)C2)c(C)c1C.Cl. The summed E-state index contributed by atoms with van der Waals surface area (Å²) in [4.78, 5) is 0.490. The molecule has 138 valence electrons. The number of nitrogens with two attached hydrogens (primary N) is 1. The standard InChI is InChI=1S/C18H30N2O2S.ClH/c1-11-12(2)14(4)17(15(5)13(11)3)23(21,22)20-9-8-16(19)18(6,7)10-20;/h16H,8-10,19H2,1-7H3;1H. The average Bonchev–Trinajstić information content (AvgIpc) is 2.45. The summed E-state index contributed by atoms with van der Waals surface area (Å²) in [6, 6.07) is 0.0395. The fourth-order valence-corrected chi connectivity index (χ4v) is 5.70. The molecule has 1 aliphatic heterocycles. The first-order valence-corrected chi connectivity index (χ1v) is 9.68. The Labute approximate surface area is 153 Å². The molecule has 1 unspecified atom stereocenters. The van der Waals surface area contributed by atoms with Crippen molar-refractivity contribution in [3.63, 3.8) is 0 Å². The minimum atomic E-state index is -3.50. The molecule has 4 nitrogen and oxygen atoms in total. The van der Waals surface area contributed by atoms with Crippen molar-refractivity contribution in [3.8, 4) is 0 Å². The van der Waals surface area contributed by atoms with E-state index >= 15 is 0 Å². The molecule has 1 aromatic rings. The second-order valence-corrected chi connectivity index (χ2v) is 9.55. The molecular formula is C18H31ClN2O2S. The summed E-state index contributed by atoms with van der Waals surface area (Å²) in [5, 5.41) is 0. The van der Waals surface area contributed by atoms with Gasteiger partial charge in [-0.1, -0.05) is 13.8 Å². The van der Waals surface area contributed by atoms with Gasteiger partial charge in [0.1, 0.15) is 0 Å². The van der Waals surface area contributed by atoms with E-state index < -0.39 is 10.0 Å². The van der Waals surface area contributed by atoms with Crippen molar-refractivity contribution in [1.29, 1.82) is 0 Å². The Hall–Kier alpha value is -0.620. The third kappa shape index (κ3) is 3.36. The number of nitrogens with zero attached hydrogens (tertiary/aromatic N) is 1. The van der Waals surface area contributed by atoms with Crippen molar-refractivity contribution >= 4 is 22.4 Å². The maximum atomic E-state index is 13.3. The summed E-state index contributed by atoms with van der Waals surface area (Å²) in [6.45, 7) is 15.0. The number of hydrogen-bond acceptors (Lipinski definition) is 3. The van der Waals surface area contributed by atoms with Crippen LogP contribution < -0.4 is 5.73 Å². The van der Waals surface area contributed by atoms with Crippen LogP contribution in [-0.4, -0.2) is 31.9 Å². The summed E-state index contributed by atoms with van der Waals surface area (Å²) in [5.41, 5.74) is 11.0. The van der Waals surface area contributed by atoms with Crippen LogP contribution in [0, 0.1) is 40.0 Å². The molecule has 2 N–H and O–H groups in total. The Balaban J connectivity index is 0.00000288. The molecule has 6 heteroatoms. The maximum Gasteiger partial charge on any atom is 0.243 e. The van der Waals surface area contributed by atoms with Gasteiger partial charge in [-0.2, -0.15) is 4.31 Å². The molecule has 0 bridgehead atoms. The highest BCUT2D eigenvalue weighted by Crippen LogP contribution is 2.35. The molecule has 24 heavy (non-hydrogen) atoms. The van der Waals surface area contributed by atoms with Crippen LogP contribution in [-0.2, 0) is 10.0 Å². The lowest BCUT2D eigenvalue weighted by Gasteiger charge is -2.42. The Bertz CT molecular complexity index is 713. The Morgan fingerprint density at radius 3 is 1.79 bits per heavy atom. The second kappa shape index (κ2) is 6.94. The van der Waals surface area contributed by atoms with E-state index in [2.05, 4.69) is 6.92 Å². The Kier molecular flexibility index (Phi) is 6.20. The van der Waals surface area contributed by atoms with Gasteiger partial charge in [-0.15, -0.1) is 12.4 Å². The number of benzene rings is 1. The molecule has 1 heterocycles. The molecule has 0 aliphatic carbocycles. The summed E-state index contributed by atoms with van der Waals surface area (Å²) < 4.78 is 28.3. The lowest BCUT2D eigenvalue weighted by atomic mass is 9.81. The Morgan fingerprint density at radius 2 is 1.38 bits per heavy atom. The average molecular weight is 375 g/mol. The monoisotopic (exact) mass is 374 g/mol. The van der Waals surface area contributed by atoms with Crippen LogP contribution in [0.1, 0.15) is 48.1 Å². The minimum absolute atomic E-state index is 0. The van der Waals surface area contributed by atoms with Crippen LogP contribution in [0.25, 0.3) is 0 Å². The first-order valence-electron chi connectivity index (χ1n) is 8.24. The number of halogens is 1. The molecule has 0 radical (unpaired) electrons. The summed E-state index contributed by atoms with van der Waals surface area (Å²) >= 11 is 0. The number of sulfonamides is 1. The van der Waals surface area contributed by atoms with E-state index in [9.17, 15) is 8.42 Å². The van der Waals surface area contributed by atoms with Crippen LogP contribution in [0.5, 0.6) is 0 Å². The molecule has 0 spiro atoms. The second-order valence-electron chi connectivity index (χ2n) is 7.68. The topological polar surface area (TPSA) is 63.4 Å². The van der Waals surface area contributed by atoms with Crippen LogP contribution in [0.4, 0.5) is 0 Å². The summed E-state index contributed by atoms with van der Waals surface area (Å²) in [6.07, 6.45) is 0.703. The van der Waals surface area contributed by atoms with Crippen molar-refractivity contribution in [2.75, 3.05) is 13.1 Å². The molecule has 2 rings (SSSR count). The summed E-state index contributed by atoms with van der Waals surface area (Å²) in [5.74, 6) is 0. The van der Waals surface area contributed by atoms with Crippen LogP contribution in [0.15, 0.2) is 4.90 Å². The molecule has 0 saturated carbocycles. The van der Waals surface area contributed by atoms with Gasteiger partial charge < -0.3 is 5.73 Å². The third-order valence-corrected chi connectivity index (χ3v) is 7.93. The van der Waals surface area contributed by atoms with Crippen LogP contribution in [0.2, 0.25) is 0 Å². The van der Waals surface area contributed by atoms with Gasteiger partial charge in [0.15, 0.2) is 0 Å². The van der Waals surface area contributed by atoms with Crippen molar-refractivity contribution < 1.29 is 8.42 Å². The first kappa shape index (κ1) is 21.4. The minimum Gasteiger partial charge on any atom is -0.327 e. The third-order valence-electron chi connectivity index (χ3n) is 5.81. The highest BCUT2D eigenvalue weighted by Gasteiger charge is 2.40. The van der Waals surface area contributed by atoms with Gasteiger partial charge in [0.25, 0.3) is 0 Å². The van der Waals surface area contributed by atoms with Crippen molar-refractivity contribution in [1.82, 2.24) is 4.31 Å². The number of rotatable bonds is 2. The Morgan fingerprint density at radius 1 is 0.958 bits per heavy atom. The number of piperidine rings is 1. The van der Waals surface area contributed by atoms with E-state index in [1.165, 1.54) is 5.56 Å². The van der Waals surface area contributed by atoms with E-state index in [1.807, 2.05) is 41.5 Å². The predicted molar refractivity (Wildman–Crippen MR) is 103 cm³/mol. The van der Waals surface area contributed by atoms with Crippen LogP contribution in [0.3, 0.4) is 0 Å². The van der Waals surface area contributed by atoms with E-state index in [0.717, 1.165) is 22.3 Å². The van der Waals surface area contributed by atoms with Gasteiger partial charge in [0.05, 0.1) is 4.90 Å². The van der Waals surface area contributed by atoms with Gasteiger partial charge in [-0.05, 0) is 74.3 Å². The quantitative estimate of drug-likeness (QED) is 0.862. The molecular weight excluding hydrogens is 344 g/mol. The van der Waals surface area contributed by atoms with Gasteiger partial charge in [0, 0.05) is 19.1 Å². The van der Waals surface area contributed by atoms with Gasteiger partial charge in [-0.3, -0.25) is 0 Å². The fraction of sp³-hybridized carbons (Fsp3) is 0.667. The zero-order chi connectivity index (χ0) is 17.7. The van der Waals surface area contributed by atoms with Gasteiger partial charge in [-0.25, -0.2) is 8.42 Å². The first-order chi connectivity index (χ1) is 10.4. The molecule has 1 aromatic carbocycles. The summed E-state index contributed by atoms with van der Waals surface area (Å²) in [7, 11) is -3.50. The normalized spacial score (nSPS) is 21.4. The highest BCUT2D eigenvalue weighted by molar-refractivity contribution is 7.89. The van der Waals surface area contributed by atoms with Crippen molar-refractivity contribution in [2.45, 2.75) is 65.8 Å². The molecule has 1 atom stereocenters. The van der Waals surface area contributed by atoms with E-state index in [4.69, 9.17) is 5.73 Å². The molecule has 0 aromatic heterocycles. The van der Waals surface area contributed by atoms with E-state index in [0.29, 0.717) is 24.4 Å². The fourth-order valence-electron chi connectivity index (χ4n) is 3.51. The van der Waals surface area contributed by atoms with Crippen molar-refractivity contribution in [2.24, 2.45) is 11.1 Å². The van der Waals surface area contributed by atoms with Gasteiger partial charge in [0.2, 0.25) is 10.0 Å². The predicted octanol–water partition coefficient (Wildman–Crippen LogP) is 3.40. The van der Waals surface area contributed by atoms with E-state index in [-0.39, 0.29) is 23.9 Å². The zero-order valence-electron chi connectivity index (χ0n) is 15.9. The molecule has 0 amide bonds. The zero-order valence-corrected chi connectivity index (χ0v) is 17.5. The maximum absolute atomic E-state index is 13.3. The largest absolute Gasteiger partial charge is 0.327 e. The molecule has 1 aliphatic rings. The smallest absolute Gasteiger partial charge is 0.243 e. The van der Waals surface area contributed by atoms with Gasteiger partial charge >= 0.3 is 0 Å². The van der Waals surface area contributed by atoms with Crippen LogP contribution >= 0.6 is 12.4 Å². The highest BCUT2D eigenvalue weighted by atomic mass is 35.5. The number of hydrogen-bond donors (Lipinski definition) is 1.